The van der Waals surface area contributed by atoms with Gasteiger partial charge in [-0.1, -0.05) is 43.7 Å². The number of rotatable bonds is 9. The van der Waals surface area contributed by atoms with Crippen LogP contribution < -0.4 is 14.9 Å². The molecule has 0 radical (unpaired) electrons. The first-order valence-corrected chi connectivity index (χ1v) is 11.7. The Balaban J connectivity index is 1.56. The molecule has 4 aromatic rings. The van der Waals surface area contributed by atoms with Gasteiger partial charge >= 0.3 is 0 Å². The summed E-state index contributed by atoms with van der Waals surface area (Å²) in [5.74, 6) is 2.00. The minimum atomic E-state index is 0.588. The van der Waals surface area contributed by atoms with Gasteiger partial charge in [0, 0.05) is 0 Å². The van der Waals surface area contributed by atoms with Crippen LogP contribution in [0.5, 0.6) is 11.5 Å². The molecule has 0 atom stereocenters. The molecule has 7 heteroatoms. The number of hydrazone groups is 1. The van der Waals surface area contributed by atoms with Crippen molar-refractivity contribution in [2.75, 3.05) is 13.7 Å². The predicted molar refractivity (Wildman–Crippen MR) is 136 cm³/mol. The van der Waals surface area contributed by atoms with Crippen molar-refractivity contribution in [3.63, 3.8) is 0 Å². The van der Waals surface area contributed by atoms with Crippen molar-refractivity contribution < 1.29 is 9.47 Å². The zero-order valence-electron chi connectivity index (χ0n) is 18.7. The number of para-hydroxylation sites is 2. The maximum atomic E-state index is 5.81. The third kappa shape index (κ3) is 5.96. The molecule has 0 aliphatic rings. The fourth-order valence-corrected chi connectivity index (χ4v) is 4.01. The van der Waals surface area contributed by atoms with E-state index in [1.165, 1.54) is 0 Å². The number of aliphatic imine (C=N–C) groups is 1. The minimum absolute atomic E-state index is 0.588. The van der Waals surface area contributed by atoms with Crippen LogP contribution in [0, 0.1) is 0 Å². The van der Waals surface area contributed by atoms with Gasteiger partial charge in [0.15, 0.2) is 22.3 Å². The van der Waals surface area contributed by atoms with Crippen LogP contribution in [0.2, 0.25) is 0 Å². The van der Waals surface area contributed by atoms with Crippen molar-refractivity contribution in [2.24, 2.45) is 10.1 Å². The minimum Gasteiger partial charge on any atom is -0.493 e. The van der Waals surface area contributed by atoms with E-state index >= 15 is 0 Å². The fraction of sp³-hybridized carbons (Fsp3) is 0.192. The van der Waals surface area contributed by atoms with Crippen LogP contribution >= 0.6 is 11.3 Å². The molecule has 0 saturated heterocycles. The van der Waals surface area contributed by atoms with Gasteiger partial charge in [-0.15, -0.1) is 11.3 Å². The lowest BCUT2D eigenvalue weighted by Gasteiger charge is -2.10. The van der Waals surface area contributed by atoms with E-state index in [-0.39, 0.29) is 0 Å². The number of nitrogens with one attached hydrogen (secondary N) is 1. The molecule has 1 heterocycles. The lowest BCUT2D eigenvalue weighted by molar-refractivity contribution is 0.288. The van der Waals surface area contributed by atoms with E-state index in [0.717, 1.165) is 45.1 Å². The number of thiazole rings is 1. The Labute approximate surface area is 197 Å². The SMILES string of the molecule is CCCCOc1ccc(C=NNC(=Nc2ccccc2)c2nc3ccccc3s2)cc1OC. The number of nitrogens with zero attached hydrogens (tertiary/aromatic N) is 3. The van der Waals surface area contributed by atoms with Gasteiger partial charge in [-0.3, -0.25) is 5.43 Å². The summed E-state index contributed by atoms with van der Waals surface area (Å²) < 4.78 is 12.4. The number of fused-ring (bicyclic) bond motifs is 1. The van der Waals surface area contributed by atoms with Crippen LogP contribution in [0.3, 0.4) is 0 Å². The van der Waals surface area contributed by atoms with Crippen LogP contribution in [0.15, 0.2) is 82.9 Å². The van der Waals surface area contributed by atoms with E-state index in [1.54, 1.807) is 24.7 Å². The van der Waals surface area contributed by atoms with Crippen LogP contribution in [-0.4, -0.2) is 30.8 Å². The Morgan fingerprint density at radius 1 is 1.03 bits per heavy atom. The number of hydrogen-bond donors (Lipinski definition) is 1. The molecule has 0 unspecified atom stereocenters. The average Bonchev–Trinajstić information content (AvgIpc) is 3.29. The summed E-state index contributed by atoms with van der Waals surface area (Å²) in [5.41, 5.74) is 5.72. The van der Waals surface area contributed by atoms with E-state index in [9.17, 15) is 0 Å². The Kier molecular flexibility index (Phi) is 7.66. The molecule has 33 heavy (non-hydrogen) atoms. The summed E-state index contributed by atoms with van der Waals surface area (Å²) in [4.78, 5) is 9.46. The van der Waals surface area contributed by atoms with Crippen molar-refractivity contribution in [1.82, 2.24) is 10.4 Å². The van der Waals surface area contributed by atoms with Crippen LogP contribution in [-0.2, 0) is 0 Å². The smallest absolute Gasteiger partial charge is 0.183 e. The molecule has 168 valence electrons. The highest BCUT2D eigenvalue weighted by molar-refractivity contribution is 7.20. The molecule has 4 rings (SSSR count). The second kappa shape index (κ2) is 11.2. The molecule has 0 bridgehead atoms. The van der Waals surface area contributed by atoms with Gasteiger partial charge < -0.3 is 9.47 Å². The molecule has 0 saturated carbocycles. The molecule has 6 nitrogen and oxygen atoms in total. The largest absolute Gasteiger partial charge is 0.493 e. The van der Waals surface area contributed by atoms with Gasteiger partial charge in [0.05, 0.1) is 35.8 Å². The molecule has 0 spiro atoms. The maximum Gasteiger partial charge on any atom is 0.183 e. The molecule has 1 aromatic heterocycles. The highest BCUT2D eigenvalue weighted by Crippen LogP contribution is 2.28. The van der Waals surface area contributed by atoms with Crippen molar-refractivity contribution in [2.45, 2.75) is 19.8 Å². The topological polar surface area (TPSA) is 68.1 Å². The Morgan fingerprint density at radius 2 is 1.85 bits per heavy atom. The van der Waals surface area contributed by atoms with E-state index in [1.807, 2.05) is 66.7 Å². The number of unbranched alkanes of at least 4 members (excludes halogenated alkanes) is 1. The van der Waals surface area contributed by atoms with Gasteiger partial charge in [-0.05, 0) is 54.4 Å². The predicted octanol–water partition coefficient (Wildman–Crippen LogP) is 6.19. The highest BCUT2D eigenvalue weighted by Gasteiger charge is 2.11. The van der Waals surface area contributed by atoms with Crippen molar-refractivity contribution >= 4 is 39.3 Å². The number of amidine groups is 1. The third-order valence-electron chi connectivity index (χ3n) is 4.82. The zero-order valence-corrected chi connectivity index (χ0v) is 19.5. The van der Waals surface area contributed by atoms with Crippen molar-refractivity contribution in [3.8, 4) is 11.5 Å². The number of ether oxygens (including phenoxy) is 2. The standard InChI is InChI=1S/C26H26N4O2S/c1-3-4-16-32-22-15-14-19(17-23(22)31-2)18-27-30-25(28-20-10-6-5-7-11-20)26-29-21-12-8-9-13-24(21)33-26/h5-15,17-18H,3-4,16H2,1-2H3,(H,28,30). The summed E-state index contributed by atoms with van der Waals surface area (Å²) in [6, 6.07) is 23.5. The second-order valence-electron chi connectivity index (χ2n) is 7.27. The summed E-state index contributed by atoms with van der Waals surface area (Å²) in [6.07, 6.45) is 3.82. The summed E-state index contributed by atoms with van der Waals surface area (Å²) >= 11 is 1.57. The van der Waals surface area contributed by atoms with Crippen molar-refractivity contribution in [1.29, 1.82) is 0 Å². The van der Waals surface area contributed by atoms with Gasteiger partial charge in [0.2, 0.25) is 0 Å². The van der Waals surface area contributed by atoms with Gasteiger partial charge in [-0.2, -0.15) is 5.10 Å². The van der Waals surface area contributed by atoms with Crippen LogP contribution in [0.4, 0.5) is 5.69 Å². The molecule has 0 aliphatic heterocycles. The zero-order chi connectivity index (χ0) is 22.9. The Morgan fingerprint density at radius 3 is 2.64 bits per heavy atom. The molecule has 0 amide bonds. The van der Waals surface area contributed by atoms with Gasteiger partial charge in [0.1, 0.15) is 0 Å². The maximum absolute atomic E-state index is 5.81. The quantitative estimate of drug-likeness (QED) is 0.141. The van der Waals surface area contributed by atoms with Gasteiger partial charge in [0.25, 0.3) is 0 Å². The number of benzene rings is 3. The Bertz CT molecular complexity index is 1220. The molecule has 0 fully saturated rings. The highest BCUT2D eigenvalue weighted by atomic mass is 32.1. The Hall–Kier alpha value is -3.71. The first-order valence-electron chi connectivity index (χ1n) is 10.9. The molecule has 1 N–H and O–H groups in total. The van der Waals surface area contributed by atoms with Crippen molar-refractivity contribution in [3.05, 3.63) is 83.4 Å². The summed E-state index contributed by atoms with van der Waals surface area (Å²) in [5, 5.41) is 5.20. The fourth-order valence-electron chi connectivity index (χ4n) is 3.10. The lowest BCUT2D eigenvalue weighted by Crippen LogP contribution is -2.18. The van der Waals surface area contributed by atoms with Crippen LogP contribution in [0.25, 0.3) is 10.2 Å². The van der Waals surface area contributed by atoms with Crippen LogP contribution in [0.1, 0.15) is 30.3 Å². The van der Waals surface area contributed by atoms with Gasteiger partial charge in [-0.25, -0.2) is 9.98 Å². The average molecular weight is 459 g/mol. The number of methoxy groups -OCH3 is 1. The summed E-state index contributed by atoms with van der Waals surface area (Å²) in [7, 11) is 1.64. The van der Waals surface area contributed by atoms with E-state index < -0.39 is 0 Å². The first-order chi connectivity index (χ1) is 16.3. The van der Waals surface area contributed by atoms with E-state index in [4.69, 9.17) is 19.5 Å². The normalized spacial score (nSPS) is 11.8. The first kappa shape index (κ1) is 22.5. The third-order valence-corrected chi connectivity index (χ3v) is 5.86. The molecule has 3 aromatic carbocycles. The molecular weight excluding hydrogens is 432 g/mol. The number of hydrogen-bond acceptors (Lipinski definition) is 6. The monoisotopic (exact) mass is 458 g/mol. The second-order valence-corrected chi connectivity index (χ2v) is 8.30. The summed E-state index contributed by atoms with van der Waals surface area (Å²) in [6.45, 7) is 2.81. The van der Waals surface area contributed by atoms with E-state index in [0.29, 0.717) is 18.2 Å². The molecule has 0 aliphatic carbocycles. The number of aromatic nitrogens is 1. The van der Waals surface area contributed by atoms with E-state index in [2.05, 4.69) is 23.5 Å². The lowest BCUT2D eigenvalue weighted by atomic mass is 10.2. The molecular formula is C26H26N4O2S.